The number of primary amides is 1. The Hall–Kier alpha value is -1.67. The molecular formula is C10H11N5OS2. The number of aryl methyl sites for hydroxylation is 1. The van der Waals surface area contributed by atoms with E-state index >= 15 is 0 Å². The van der Waals surface area contributed by atoms with Crippen molar-refractivity contribution in [3.05, 3.63) is 23.7 Å². The van der Waals surface area contributed by atoms with Gasteiger partial charge in [0.25, 0.3) is 5.91 Å². The summed E-state index contributed by atoms with van der Waals surface area (Å²) in [5.41, 5.74) is 11.6. The third kappa shape index (κ3) is 2.77. The molecule has 4 N–H and O–H groups in total. The first-order valence-electron chi connectivity index (χ1n) is 5.16. The van der Waals surface area contributed by atoms with Crippen LogP contribution in [0.15, 0.2) is 21.6 Å². The van der Waals surface area contributed by atoms with Crippen LogP contribution in [0.4, 0.5) is 5.69 Å². The number of nitrogen functional groups attached to an aromatic ring is 1. The number of pyridine rings is 1. The fourth-order valence-corrected chi connectivity index (χ4v) is 2.92. The Morgan fingerprint density at radius 2 is 2.33 bits per heavy atom. The lowest BCUT2D eigenvalue weighted by Gasteiger charge is -2.03. The Kier molecular flexibility index (Phi) is 3.78. The smallest absolute Gasteiger partial charge is 0.251 e. The maximum Gasteiger partial charge on any atom is 0.251 e. The normalized spacial score (nSPS) is 10.5. The van der Waals surface area contributed by atoms with Gasteiger partial charge < -0.3 is 11.5 Å². The predicted octanol–water partition coefficient (Wildman–Crippen LogP) is 1.33. The van der Waals surface area contributed by atoms with Crippen LogP contribution in [-0.4, -0.2) is 20.2 Å². The van der Waals surface area contributed by atoms with Gasteiger partial charge in [-0.05, 0) is 29.4 Å². The summed E-state index contributed by atoms with van der Waals surface area (Å²) in [6.45, 7) is 1.98. The number of nitrogens with zero attached hydrogens (tertiary/aromatic N) is 3. The van der Waals surface area contributed by atoms with Crippen LogP contribution in [0.1, 0.15) is 23.1 Å². The van der Waals surface area contributed by atoms with Gasteiger partial charge in [-0.25, -0.2) is 9.97 Å². The molecule has 2 rings (SSSR count). The molecule has 0 aliphatic heterocycles. The number of carbonyl (C=O) groups excluding carboxylic acids is 1. The molecule has 8 heteroatoms. The van der Waals surface area contributed by atoms with E-state index < -0.39 is 5.91 Å². The van der Waals surface area contributed by atoms with E-state index in [1.165, 1.54) is 35.6 Å². The Balaban J connectivity index is 2.30. The number of aromatic nitrogens is 3. The monoisotopic (exact) mass is 281 g/mol. The van der Waals surface area contributed by atoms with E-state index in [0.29, 0.717) is 16.3 Å². The van der Waals surface area contributed by atoms with Gasteiger partial charge >= 0.3 is 0 Å². The molecule has 0 spiro atoms. The molecule has 2 aromatic heterocycles. The third-order valence-electron chi connectivity index (χ3n) is 2.09. The summed E-state index contributed by atoms with van der Waals surface area (Å²) in [7, 11) is 0. The lowest BCUT2D eigenvalue weighted by atomic mass is 10.2. The first kappa shape index (κ1) is 12.8. The summed E-state index contributed by atoms with van der Waals surface area (Å²) < 4.78 is 4.89. The number of amides is 1. The van der Waals surface area contributed by atoms with Gasteiger partial charge in [-0.15, -0.1) is 0 Å². The molecule has 0 atom stereocenters. The molecule has 0 aliphatic rings. The molecule has 94 valence electrons. The maximum absolute atomic E-state index is 11.3. The van der Waals surface area contributed by atoms with Crippen LogP contribution in [0.2, 0.25) is 0 Å². The van der Waals surface area contributed by atoms with E-state index in [-0.39, 0.29) is 0 Å². The molecule has 2 aromatic rings. The molecular weight excluding hydrogens is 270 g/mol. The second kappa shape index (κ2) is 5.32. The van der Waals surface area contributed by atoms with E-state index in [1.807, 2.05) is 6.92 Å². The summed E-state index contributed by atoms with van der Waals surface area (Å²) >= 11 is 2.54. The first-order valence-corrected chi connectivity index (χ1v) is 6.75. The van der Waals surface area contributed by atoms with Crippen LogP contribution in [0, 0.1) is 0 Å². The largest absolute Gasteiger partial charge is 0.397 e. The zero-order valence-corrected chi connectivity index (χ0v) is 11.2. The van der Waals surface area contributed by atoms with Crippen LogP contribution in [0.3, 0.4) is 0 Å². The second-order valence-corrected chi connectivity index (χ2v) is 5.41. The molecule has 6 nitrogen and oxygen atoms in total. The molecule has 0 saturated heterocycles. The van der Waals surface area contributed by atoms with Crippen LogP contribution in [0.5, 0.6) is 0 Å². The van der Waals surface area contributed by atoms with Crippen LogP contribution in [0.25, 0.3) is 0 Å². The first-order chi connectivity index (χ1) is 8.60. The molecule has 0 saturated carbocycles. The molecule has 0 fully saturated rings. The number of carbonyl (C=O) groups is 1. The third-order valence-corrected chi connectivity index (χ3v) is 3.90. The average molecular weight is 281 g/mol. The van der Waals surface area contributed by atoms with E-state index in [1.54, 1.807) is 0 Å². The lowest BCUT2D eigenvalue weighted by molar-refractivity contribution is 0.0997. The number of anilines is 1. The summed E-state index contributed by atoms with van der Waals surface area (Å²) in [6, 6.07) is 1.51. The van der Waals surface area contributed by atoms with Gasteiger partial charge in [0, 0.05) is 6.42 Å². The Labute approximate surface area is 112 Å². The molecule has 0 bridgehead atoms. The van der Waals surface area contributed by atoms with Crippen molar-refractivity contribution in [2.75, 3.05) is 5.73 Å². The van der Waals surface area contributed by atoms with Gasteiger partial charge in [-0.3, -0.25) is 4.79 Å². The Morgan fingerprint density at radius 3 is 2.94 bits per heavy atom. The fourth-order valence-electron chi connectivity index (χ4n) is 1.23. The van der Waals surface area contributed by atoms with Gasteiger partial charge in [0.1, 0.15) is 10.9 Å². The number of nitrogens with two attached hydrogens (primary N) is 2. The summed E-state index contributed by atoms with van der Waals surface area (Å²) in [5.74, 6) is 0.219. The van der Waals surface area contributed by atoms with Crippen LogP contribution >= 0.6 is 23.3 Å². The van der Waals surface area contributed by atoms with Crippen molar-refractivity contribution in [1.82, 2.24) is 14.3 Å². The van der Waals surface area contributed by atoms with Crippen molar-refractivity contribution in [2.45, 2.75) is 22.7 Å². The van der Waals surface area contributed by atoms with Crippen molar-refractivity contribution in [1.29, 1.82) is 0 Å². The van der Waals surface area contributed by atoms with Crippen LogP contribution in [-0.2, 0) is 6.42 Å². The van der Waals surface area contributed by atoms with Crippen molar-refractivity contribution in [2.24, 2.45) is 5.73 Å². The van der Waals surface area contributed by atoms with E-state index in [9.17, 15) is 4.79 Å². The van der Waals surface area contributed by atoms with E-state index in [2.05, 4.69) is 14.3 Å². The molecule has 2 heterocycles. The van der Waals surface area contributed by atoms with Gasteiger partial charge in [-0.2, -0.15) is 4.37 Å². The molecule has 0 aromatic carbocycles. The predicted molar refractivity (Wildman–Crippen MR) is 70.6 cm³/mol. The highest BCUT2D eigenvalue weighted by atomic mass is 32.2. The SMILES string of the molecule is CCc1nsc(Sc2ncc(N)cc2C(N)=O)n1. The van der Waals surface area contributed by atoms with Crippen molar-refractivity contribution in [3.63, 3.8) is 0 Å². The fraction of sp³-hybridized carbons (Fsp3) is 0.200. The second-order valence-electron chi connectivity index (χ2n) is 3.42. The van der Waals surface area contributed by atoms with Gasteiger partial charge in [-0.1, -0.05) is 6.92 Å². The summed E-state index contributed by atoms with van der Waals surface area (Å²) in [6.07, 6.45) is 2.26. The standard InChI is InChI=1S/C10H11N5OS2/c1-2-7-14-10(18-15-7)17-9-6(8(12)16)3-5(11)4-13-9/h3-4H,2,11H2,1H3,(H2,12,16). The number of hydrogen-bond donors (Lipinski definition) is 2. The zero-order valence-electron chi connectivity index (χ0n) is 9.58. The Morgan fingerprint density at radius 1 is 1.56 bits per heavy atom. The highest BCUT2D eigenvalue weighted by Gasteiger charge is 2.14. The highest BCUT2D eigenvalue weighted by molar-refractivity contribution is 8.01. The average Bonchev–Trinajstić information content (AvgIpc) is 2.79. The van der Waals surface area contributed by atoms with Gasteiger partial charge in [0.2, 0.25) is 0 Å². The minimum atomic E-state index is -0.558. The lowest BCUT2D eigenvalue weighted by Crippen LogP contribution is -2.13. The molecule has 0 aliphatic carbocycles. The van der Waals surface area contributed by atoms with E-state index in [0.717, 1.165) is 16.6 Å². The summed E-state index contributed by atoms with van der Waals surface area (Å²) in [5, 5.41) is 0.496. The van der Waals surface area contributed by atoms with Crippen molar-refractivity contribution < 1.29 is 4.79 Å². The van der Waals surface area contributed by atoms with E-state index in [4.69, 9.17) is 11.5 Å². The minimum absolute atomic E-state index is 0.299. The van der Waals surface area contributed by atoms with Gasteiger partial charge in [0.05, 0.1) is 17.4 Å². The topological polar surface area (TPSA) is 108 Å². The molecule has 0 radical (unpaired) electrons. The minimum Gasteiger partial charge on any atom is -0.397 e. The molecule has 1 amide bonds. The Bertz CT molecular complexity index is 583. The zero-order chi connectivity index (χ0) is 13.1. The number of hydrogen-bond acceptors (Lipinski definition) is 7. The maximum atomic E-state index is 11.3. The van der Waals surface area contributed by atoms with Crippen molar-refractivity contribution >= 4 is 34.9 Å². The molecule has 0 unspecified atom stereocenters. The van der Waals surface area contributed by atoms with Gasteiger partial charge in [0.15, 0.2) is 4.34 Å². The highest BCUT2D eigenvalue weighted by Crippen LogP contribution is 2.30. The van der Waals surface area contributed by atoms with Crippen molar-refractivity contribution in [3.8, 4) is 0 Å². The number of rotatable bonds is 4. The summed E-state index contributed by atoms with van der Waals surface area (Å²) in [4.78, 5) is 19.7. The quantitative estimate of drug-likeness (QED) is 0.875. The van der Waals surface area contributed by atoms with Crippen LogP contribution < -0.4 is 11.5 Å². The molecule has 18 heavy (non-hydrogen) atoms.